The zero-order valence-electron chi connectivity index (χ0n) is 7.68. The van der Waals surface area contributed by atoms with Crippen LogP contribution in [0.1, 0.15) is 19.0 Å². The van der Waals surface area contributed by atoms with Gasteiger partial charge in [-0.1, -0.05) is 6.92 Å². The fourth-order valence-electron chi connectivity index (χ4n) is 0.883. The standard InChI is InChI=1S/C9H14N2OS/c1-2-9(12)13-6-4-8-3-5-10-7-11-8/h3,5,7,9,12H,2,4,6H2,1H3. The molecule has 1 aromatic heterocycles. The molecule has 0 amide bonds. The van der Waals surface area contributed by atoms with Crippen LogP contribution in [-0.2, 0) is 6.42 Å². The normalized spacial score (nSPS) is 12.8. The molecule has 0 bridgehead atoms. The van der Waals surface area contributed by atoms with Crippen molar-refractivity contribution in [3.05, 3.63) is 24.3 Å². The summed E-state index contributed by atoms with van der Waals surface area (Å²) in [6.45, 7) is 1.97. The van der Waals surface area contributed by atoms with Crippen molar-refractivity contribution in [2.45, 2.75) is 25.2 Å². The van der Waals surface area contributed by atoms with Gasteiger partial charge in [0.25, 0.3) is 0 Å². The van der Waals surface area contributed by atoms with E-state index in [0.29, 0.717) is 0 Å². The number of aryl methyl sites for hydroxylation is 1. The van der Waals surface area contributed by atoms with E-state index in [1.165, 1.54) is 0 Å². The molecule has 1 aromatic rings. The van der Waals surface area contributed by atoms with Crippen LogP contribution in [0.4, 0.5) is 0 Å². The predicted octanol–water partition coefficient (Wildman–Crippen LogP) is 1.48. The maximum absolute atomic E-state index is 9.27. The second-order valence-electron chi connectivity index (χ2n) is 2.68. The molecule has 3 nitrogen and oxygen atoms in total. The molecule has 0 aliphatic heterocycles. The van der Waals surface area contributed by atoms with E-state index in [-0.39, 0.29) is 5.44 Å². The highest BCUT2D eigenvalue weighted by Gasteiger charge is 2.00. The van der Waals surface area contributed by atoms with E-state index >= 15 is 0 Å². The van der Waals surface area contributed by atoms with Crippen molar-refractivity contribution in [1.82, 2.24) is 9.97 Å². The van der Waals surface area contributed by atoms with Gasteiger partial charge in [-0.05, 0) is 18.9 Å². The Bertz CT molecular complexity index is 230. The minimum Gasteiger partial charge on any atom is -0.382 e. The highest BCUT2D eigenvalue weighted by Crippen LogP contribution is 2.12. The molecule has 1 N–H and O–H groups in total. The first-order chi connectivity index (χ1) is 6.33. The van der Waals surface area contributed by atoms with Gasteiger partial charge in [0.05, 0.1) is 5.44 Å². The second-order valence-corrected chi connectivity index (χ2v) is 3.97. The Kier molecular flexibility index (Phi) is 4.78. The van der Waals surface area contributed by atoms with E-state index < -0.39 is 0 Å². The van der Waals surface area contributed by atoms with Crippen LogP contribution in [0.15, 0.2) is 18.6 Å². The molecule has 0 aliphatic carbocycles. The Morgan fingerprint density at radius 1 is 1.62 bits per heavy atom. The molecule has 0 saturated carbocycles. The topological polar surface area (TPSA) is 46.0 Å². The highest BCUT2D eigenvalue weighted by molar-refractivity contribution is 7.99. The molecule has 72 valence electrons. The molecule has 0 fully saturated rings. The number of rotatable bonds is 5. The van der Waals surface area contributed by atoms with Crippen LogP contribution in [0.5, 0.6) is 0 Å². The number of aromatic nitrogens is 2. The molecular formula is C9H14N2OS. The average Bonchev–Trinajstić information content (AvgIpc) is 2.19. The number of aliphatic hydroxyl groups is 1. The number of hydrogen-bond acceptors (Lipinski definition) is 4. The third-order valence-electron chi connectivity index (χ3n) is 1.66. The molecule has 0 aliphatic rings. The zero-order valence-corrected chi connectivity index (χ0v) is 8.50. The summed E-state index contributed by atoms with van der Waals surface area (Å²) in [5.74, 6) is 0.909. The van der Waals surface area contributed by atoms with Gasteiger partial charge in [0.15, 0.2) is 0 Å². The molecule has 0 spiro atoms. The highest BCUT2D eigenvalue weighted by atomic mass is 32.2. The van der Waals surface area contributed by atoms with Gasteiger partial charge in [-0.25, -0.2) is 9.97 Å². The molecule has 1 unspecified atom stereocenters. The smallest absolute Gasteiger partial charge is 0.115 e. The second kappa shape index (κ2) is 5.94. The van der Waals surface area contributed by atoms with Gasteiger partial charge in [0.2, 0.25) is 0 Å². The van der Waals surface area contributed by atoms with Crippen molar-refractivity contribution in [2.75, 3.05) is 5.75 Å². The summed E-state index contributed by atoms with van der Waals surface area (Å²) in [7, 11) is 0. The molecular weight excluding hydrogens is 184 g/mol. The number of thioether (sulfide) groups is 1. The van der Waals surface area contributed by atoms with E-state index in [9.17, 15) is 5.11 Å². The number of hydrogen-bond donors (Lipinski definition) is 1. The molecule has 1 heterocycles. The van der Waals surface area contributed by atoms with Gasteiger partial charge >= 0.3 is 0 Å². The Hall–Kier alpha value is -0.610. The van der Waals surface area contributed by atoms with Crippen molar-refractivity contribution in [1.29, 1.82) is 0 Å². The third kappa shape index (κ3) is 4.24. The summed E-state index contributed by atoms with van der Waals surface area (Å²) < 4.78 is 0. The number of aliphatic hydroxyl groups excluding tert-OH is 1. The first-order valence-corrected chi connectivity index (χ1v) is 5.42. The van der Waals surface area contributed by atoms with Gasteiger partial charge in [-0.3, -0.25) is 0 Å². The minimum absolute atomic E-state index is 0.234. The number of nitrogens with zero attached hydrogens (tertiary/aromatic N) is 2. The monoisotopic (exact) mass is 198 g/mol. The minimum atomic E-state index is -0.234. The fourth-order valence-corrected chi connectivity index (χ4v) is 1.72. The molecule has 1 atom stereocenters. The summed E-state index contributed by atoms with van der Waals surface area (Å²) >= 11 is 1.57. The summed E-state index contributed by atoms with van der Waals surface area (Å²) in [6.07, 6.45) is 4.98. The summed E-state index contributed by atoms with van der Waals surface area (Å²) in [6, 6.07) is 1.90. The van der Waals surface area contributed by atoms with Gasteiger partial charge in [0, 0.05) is 17.6 Å². The van der Waals surface area contributed by atoms with Gasteiger partial charge in [0.1, 0.15) is 6.33 Å². The zero-order chi connectivity index (χ0) is 9.52. The van der Waals surface area contributed by atoms with Crippen molar-refractivity contribution >= 4 is 11.8 Å². The van der Waals surface area contributed by atoms with Gasteiger partial charge in [-0.2, -0.15) is 0 Å². The fraction of sp³-hybridized carbons (Fsp3) is 0.556. The van der Waals surface area contributed by atoms with E-state index in [0.717, 1.165) is 24.3 Å². The largest absolute Gasteiger partial charge is 0.382 e. The summed E-state index contributed by atoms with van der Waals surface area (Å²) in [5.41, 5.74) is 0.799. The quantitative estimate of drug-likeness (QED) is 0.728. The van der Waals surface area contributed by atoms with Crippen LogP contribution in [0, 0.1) is 0 Å². The van der Waals surface area contributed by atoms with Crippen molar-refractivity contribution in [3.8, 4) is 0 Å². The lowest BCUT2D eigenvalue weighted by Crippen LogP contribution is -2.01. The van der Waals surface area contributed by atoms with Crippen molar-refractivity contribution < 1.29 is 5.11 Å². The SMILES string of the molecule is CCC(O)SCCc1ccncn1. The molecule has 0 radical (unpaired) electrons. The Labute approximate surface area is 82.6 Å². The average molecular weight is 198 g/mol. The van der Waals surface area contributed by atoms with Crippen LogP contribution >= 0.6 is 11.8 Å². The van der Waals surface area contributed by atoms with E-state index in [1.807, 2.05) is 13.0 Å². The third-order valence-corrected chi connectivity index (χ3v) is 2.82. The van der Waals surface area contributed by atoms with Crippen LogP contribution in [-0.4, -0.2) is 26.3 Å². The maximum Gasteiger partial charge on any atom is 0.115 e. The Balaban J connectivity index is 2.20. The first-order valence-electron chi connectivity index (χ1n) is 4.37. The van der Waals surface area contributed by atoms with E-state index in [1.54, 1.807) is 24.3 Å². The van der Waals surface area contributed by atoms with Gasteiger partial charge in [-0.15, -0.1) is 11.8 Å². The first kappa shape index (κ1) is 10.5. The van der Waals surface area contributed by atoms with Crippen LogP contribution in [0.2, 0.25) is 0 Å². The summed E-state index contributed by atoms with van der Waals surface area (Å²) in [5, 5.41) is 9.27. The van der Waals surface area contributed by atoms with Crippen molar-refractivity contribution in [3.63, 3.8) is 0 Å². The van der Waals surface area contributed by atoms with Crippen molar-refractivity contribution in [2.24, 2.45) is 0 Å². The van der Waals surface area contributed by atoms with Crippen LogP contribution in [0.25, 0.3) is 0 Å². The molecule has 1 rings (SSSR count). The van der Waals surface area contributed by atoms with E-state index in [2.05, 4.69) is 9.97 Å². The Morgan fingerprint density at radius 2 is 2.46 bits per heavy atom. The molecule has 0 aromatic carbocycles. The lowest BCUT2D eigenvalue weighted by molar-refractivity contribution is 0.259. The van der Waals surface area contributed by atoms with Crippen LogP contribution < -0.4 is 0 Å². The predicted molar refractivity (Wildman–Crippen MR) is 54.5 cm³/mol. The molecule has 13 heavy (non-hydrogen) atoms. The Morgan fingerprint density at radius 3 is 3.08 bits per heavy atom. The maximum atomic E-state index is 9.27. The lowest BCUT2D eigenvalue weighted by Gasteiger charge is -2.05. The van der Waals surface area contributed by atoms with Crippen LogP contribution in [0.3, 0.4) is 0 Å². The molecule has 0 saturated heterocycles. The lowest BCUT2D eigenvalue weighted by atomic mass is 10.3. The van der Waals surface area contributed by atoms with E-state index in [4.69, 9.17) is 0 Å². The summed E-state index contributed by atoms with van der Waals surface area (Å²) in [4.78, 5) is 7.93. The van der Waals surface area contributed by atoms with Gasteiger partial charge < -0.3 is 5.11 Å². The molecule has 4 heteroatoms.